The highest BCUT2D eigenvalue weighted by atomic mass is 16.5. The molecule has 2 aliphatic rings. The number of rotatable bonds is 5. The van der Waals surface area contributed by atoms with Gasteiger partial charge in [0.2, 0.25) is 0 Å². The van der Waals surface area contributed by atoms with E-state index in [1.807, 2.05) is 32.2 Å². The average Bonchev–Trinajstić information content (AvgIpc) is 3.35. The Hall–Kier alpha value is -4.50. The number of aromatic nitrogens is 2. The Bertz CT molecular complexity index is 1680. The number of aliphatic carboxylic acids is 2. The molecule has 40 heavy (non-hydrogen) atoms. The van der Waals surface area contributed by atoms with E-state index in [4.69, 9.17) is 14.9 Å². The van der Waals surface area contributed by atoms with Crippen molar-refractivity contribution in [1.82, 2.24) is 14.3 Å². The Morgan fingerprint density at radius 1 is 1.02 bits per heavy atom. The molecule has 4 aromatic rings. The summed E-state index contributed by atoms with van der Waals surface area (Å²) in [5.74, 6) is -0.507. The summed E-state index contributed by atoms with van der Waals surface area (Å²) in [6.45, 7) is 7.61. The lowest BCUT2D eigenvalue weighted by atomic mass is 9.84. The molecule has 4 heterocycles. The predicted molar refractivity (Wildman–Crippen MR) is 151 cm³/mol. The van der Waals surface area contributed by atoms with Gasteiger partial charge in [0.1, 0.15) is 11.4 Å². The minimum absolute atomic E-state index is 0.0625. The lowest BCUT2D eigenvalue weighted by Gasteiger charge is -2.29. The second-order valence-corrected chi connectivity index (χ2v) is 10.3. The molecular formula is C31H31N3O6. The zero-order valence-electron chi connectivity index (χ0n) is 22.4. The fourth-order valence-corrected chi connectivity index (χ4v) is 5.71. The zero-order chi connectivity index (χ0) is 28.4. The molecule has 1 fully saturated rings. The van der Waals surface area contributed by atoms with Gasteiger partial charge in [-0.3, -0.25) is 9.20 Å². The molecular weight excluding hydrogens is 510 g/mol. The van der Waals surface area contributed by atoms with Crippen LogP contribution in [0.4, 0.5) is 0 Å². The van der Waals surface area contributed by atoms with Crippen LogP contribution in [0.15, 0.2) is 71.7 Å². The first-order valence-corrected chi connectivity index (χ1v) is 13.2. The predicted octanol–water partition coefficient (Wildman–Crippen LogP) is 3.83. The minimum Gasteiger partial charge on any atom is -0.493 e. The zero-order valence-corrected chi connectivity index (χ0v) is 22.4. The van der Waals surface area contributed by atoms with Gasteiger partial charge in [0.15, 0.2) is 0 Å². The number of ether oxygens (including phenoxy) is 1. The number of fused-ring (bicyclic) bond motifs is 6. The normalized spacial score (nSPS) is 18.1. The second kappa shape index (κ2) is 11.3. The number of carboxylic acid groups (broad SMARTS) is 2. The number of carboxylic acids is 2. The van der Waals surface area contributed by atoms with Crippen molar-refractivity contribution in [2.75, 3.05) is 26.2 Å². The van der Waals surface area contributed by atoms with Gasteiger partial charge in [-0.1, -0.05) is 36.4 Å². The highest BCUT2D eigenvalue weighted by Crippen LogP contribution is 2.45. The summed E-state index contributed by atoms with van der Waals surface area (Å²) in [7, 11) is 0. The lowest BCUT2D eigenvalue weighted by Crippen LogP contribution is -2.28. The first-order chi connectivity index (χ1) is 19.2. The van der Waals surface area contributed by atoms with E-state index in [0.29, 0.717) is 24.0 Å². The molecule has 2 aromatic heterocycles. The third-order valence-corrected chi connectivity index (χ3v) is 7.59. The van der Waals surface area contributed by atoms with Crippen LogP contribution < -0.4 is 10.3 Å². The van der Waals surface area contributed by atoms with Crippen LogP contribution in [0.2, 0.25) is 0 Å². The van der Waals surface area contributed by atoms with Crippen LogP contribution in [0.3, 0.4) is 0 Å². The standard InChI is InChI=1S/C27H27N3O2.C4H4O4/c1-17-7-10-25-28-18(2)21(27(31)30(25)13-17)11-12-29-14-20-16-32-24-9-8-19-5-3-4-6-22(19)26(24)23(20)15-29;5-3(6)1-2-4(7)8/h3-10,13,20,23H,11-12,14-16H2,1-2H3;1-2H,(H,5,6)(H,7,8)/b;2-1+/t20-,23-;/m1./s1. The minimum atomic E-state index is -1.26. The maximum atomic E-state index is 13.2. The van der Waals surface area contributed by atoms with Gasteiger partial charge in [0, 0.05) is 66.6 Å². The van der Waals surface area contributed by atoms with E-state index in [1.54, 1.807) is 4.40 Å². The van der Waals surface area contributed by atoms with Crippen LogP contribution in [-0.2, 0) is 16.0 Å². The number of likely N-dealkylation sites (tertiary alicyclic amines) is 1. The van der Waals surface area contributed by atoms with Crippen LogP contribution in [0.25, 0.3) is 16.4 Å². The maximum Gasteiger partial charge on any atom is 0.328 e. The molecule has 0 aliphatic carbocycles. The molecule has 2 N–H and O–H groups in total. The van der Waals surface area contributed by atoms with E-state index in [-0.39, 0.29) is 5.56 Å². The molecule has 9 heteroatoms. The van der Waals surface area contributed by atoms with E-state index >= 15 is 0 Å². The van der Waals surface area contributed by atoms with Gasteiger partial charge in [-0.15, -0.1) is 0 Å². The van der Waals surface area contributed by atoms with Crippen molar-refractivity contribution in [3.63, 3.8) is 0 Å². The summed E-state index contributed by atoms with van der Waals surface area (Å²) in [6.07, 6.45) is 3.72. The van der Waals surface area contributed by atoms with Gasteiger partial charge >= 0.3 is 11.9 Å². The first-order valence-electron chi connectivity index (χ1n) is 13.2. The number of hydrogen-bond acceptors (Lipinski definition) is 6. The van der Waals surface area contributed by atoms with Crippen molar-refractivity contribution >= 4 is 28.4 Å². The fourth-order valence-electron chi connectivity index (χ4n) is 5.71. The molecule has 0 radical (unpaired) electrons. The lowest BCUT2D eigenvalue weighted by molar-refractivity contribution is -0.134. The molecule has 206 valence electrons. The van der Waals surface area contributed by atoms with Crippen LogP contribution in [-0.4, -0.2) is 62.7 Å². The van der Waals surface area contributed by atoms with E-state index in [9.17, 15) is 14.4 Å². The quantitative estimate of drug-likeness (QED) is 0.366. The van der Waals surface area contributed by atoms with Crippen LogP contribution in [0.1, 0.15) is 28.3 Å². The maximum absolute atomic E-state index is 13.2. The van der Waals surface area contributed by atoms with Gasteiger partial charge in [-0.25, -0.2) is 14.6 Å². The monoisotopic (exact) mass is 541 g/mol. The van der Waals surface area contributed by atoms with Gasteiger partial charge in [-0.2, -0.15) is 0 Å². The molecule has 1 saturated heterocycles. The number of pyridine rings is 1. The van der Waals surface area contributed by atoms with Crippen molar-refractivity contribution in [1.29, 1.82) is 0 Å². The summed E-state index contributed by atoms with van der Waals surface area (Å²) in [4.78, 5) is 39.4. The number of hydrogen-bond donors (Lipinski definition) is 2. The van der Waals surface area contributed by atoms with Crippen LogP contribution in [0, 0.1) is 19.8 Å². The van der Waals surface area contributed by atoms with E-state index in [2.05, 4.69) is 46.3 Å². The Morgan fingerprint density at radius 2 is 1.77 bits per heavy atom. The summed E-state index contributed by atoms with van der Waals surface area (Å²) >= 11 is 0. The van der Waals surface area contributed by atoms with Crippen LogP contribution >= 0.6 is 0 Å². The van der Waals surface area contributed by atoms with Gasteiger partial charge in [0.05, 0.1) is 6.61 Å². The largest absolute Gasteiger partial charge is 0.493 e. The van der Waals surface area contributed by atoms with Crippen molar-refractivity contribution in [2.24, 2.45) is 5.92 Å². The Balaban J connectivity index is 0.000000355. The SMILES string of the molecule is Cc1ccc2nc(C)c(CCN3C[C@@H]4COc5ccc6ccccc6c5[C@@H]4C3)c(=O)n2c1.O=C(O)/C=C/C(=O)O. The average molecular weight is 542 g/mol. The molecule has 0 amide bonds. The van der Waals surface area contributed by atoms with Crippen molar-refractivity contribution < 1.29 is 24.5 Å². The molecule has 0 unspecified atom stereocenters. The van der Waals surface area contributed by atoms with Crippen LogP contribution in [0.5, 0.6) is 5.75 Å². The number of benzene rings is 2. The van der Waals surface area contributed by atoms with Crippen molar-refractivity contribution in [3.8, 4) is 5.75 Å². The summed E-state index contributed by atoms with van der Waals surface area (Å²) < 4.78 is 7.86. The summed E-state index contributed by atoms with van der Waals surface area (Å²) in [6, 6.07) is 16.8. The topological polar surface area (TPSA) is 121 Å². The van der Waals surface area contributed by atoms with Gasteiger partial charge in [-0.05, 0) is 48.7 Å². The molecule has 2 aliphatic heterocycles. The Morgan fingerprint density at radius 3 is 2.52 bits per heavy atom. The molecule has 2 atom stereocenters. The molecule has 6 rings (SSSR count). The van der Waals surface area contributed by atoms with Crippen molar-refractivity contribution in [3.05, 3.63) is 99.6 Å². The van der Waals surface area contributed by atoms with Crippen molar-refractivity contribution in [2.45, 2.75) is 26.2 Å². The Kier molecular flexibility index (Phi) is 7.66. The second-order valence-electron chi connectivity index (χ2n) is 10.3. The first kappa shape index (κ1) is 27.1. The fraction of sp³-hybridized carbons (Fsp3) is 0.290. The number of nitrogens with zero attached hydrogens (tertiary/aromatic N) is 3. The Labute approximate surface area is 231 Å². The molecule has 0 saturated carbocycles. The van der Waals surface area contributed by atoms with Gasteiger partial charge in [0.25, 0.3) is 5.56 Å². The van der Waals surface area contributed by atoms with E-state index in [0.717, 1.165) is 60.9 Å². The number of aryl methyl sites for hydroxylation is 2. The van der Waals surface area contributed by atoms with Gasteiger partial charge < -0.3 is 19.8 Å². The smallest absolute Gasteiger partial charge is 0.328 e. The highest BCUT2D eigenvalue weighted by molar-refractivity contribution is 5.90. The highest BCUT2D eigenvalue weighted by Gasteiger charge is 2.39. The summed E-state index contributed by atoms with van der Waals surface area (Å²) in [5, 5.41) is 18.2. The summed E-state index contributed by atoms with van der Waals surface area (Å²) in [5.41, 5.74) is 4.87. The molecule has 0 bridgehead atoms. The van der Waals surface area contributed by atoms with E-state index in [1.165, 1.54) is 16.3 Å². The molecule has 0 spiro atoms. The molecule has 2 aromatic carbocycles. The molecule has 9 nitrogen and oxygen atoms in total. The third kappa shape index (κ3) is 5.60. The van der Waals surface area contributed by atoms with E-state index < -0.39 is 11.9 Å². The number of carbonyl (C=O) groups is 2. The third-order valence-electron chi connectivity index (χ3n) is 7.59.